The first kappa shape index (κ1) is 16.3. The lowest BCUT2D eigenvalue weighted by atomic mass is 10.2. The van der Waals surface area contributed by atoms with E-state index < -0.39 is 0 Å². The Morgan fingerprint density at radius 2 is 2.10 bits per heavy atom. The number of hydrogen-bond acceptors (Lipinski definition) is 3. The number of rotatable bonds is 7. The Kier molecular flexibility index (Phi) is 6.51. The van der Waals surface area contributed by atoms with E-state index in [9.17, 15) is 4.39 Å². The molecule has 0 saturated heterocycles. The molecule has 5 heteroatoms. The van der Waals surface area contributed by atoms with E-state index in [-0.39, 0.29) is 5.82 Å². The van der Waals surface area contributed by atoms with Crippen molar-refractivity contribution in [1.29, 1.82) is 0 Å². The van der Waals surface area contributed by atoms with Crippen LogP contribution in [0.25, 0.3) is 0 Å². The molecule has 0 heterocycles. The smallest absolute Gasteiger partial charge is 0.124 e. The molecule has 2 nitrogen and oxygen atoms in total. The molecule has 0 fully saturated rings. The summed E-state index contributed by atoms with van der Waals surface area (Å²) >= 11 is 7.58. The molecule has 1 N–H and O–H groups in total. The van der Waals surface area contributed by atoms with Crippen molar-refractivity contribution in [3.8, 4) is 0 Å². The van der Waals surface area contributed by atoms with E-state index in [0.29, 0.717) is 11.6 Å². The summed E-state index contributed by atoms with van der Waals surface area (Å²) in [6.07, 6.45) is 0. The van der Waals surface area contributed by atoms with Crippen molar-refractivity contribution in [3.05, 3.63) is 58.9 Å². The standard InChI is InChI=1S/C16H17ClFNOS/c1-20-8-7-19-11-12-5-6-13(17)9-16(12)21-15-4-2-3-14(18)10-15/h2-6,9-10,19H,7-8,11H2,1H3. The number of benzene rings is 2. The molecule has 0 amide bonds. The first-order valence-corrected chi connectivity index (χ1v) is 7.80. The topological polar surface area (TPSA) is 21.3 Å². The van der Waals surface area contributed by atoms with Gasteiger partial charge in [0.15, 0.2) is 0 Å². The molecular formula is C16H17ClFNOS. The van der Waals surface area contributed by atoms with Gasteiger partial charge < -0.3 is 10.1 Å². The maximum absolute atomic E-state index is 13.3. The molecule has 0 atom stereocenters. The Hall–Kier alpha value is -1.07. The first-order valence-electron chi connectivity index (χ1n) is 6.60. The van der Waals surface area contributed by atoms with E-state index in [1.165, 1.54) is 23.9 Å². The molecule has 0 bridgehead atoms. The lowest BCUT2D eigenvalue weighted by molar-refractivity contribution is 0.199. The molecule has 0 aliphatic rings. The number of nitrogens with one attached hydrogen (secondary N) is 1. The second kappa shape index (κ2) is 8.39. The van der Waals surface area contributed by atoms with Crippen LogP contribution in [0.2, 0.25) is 5.02 Å². The van der Waals surface area contributed by atoms with Gasteiger partial charge in [0.05, 0.1) is 6.61 Å². The van der Waals surface area contributed by atoms with Crippen molar-refractivity contribution in [3.63, 3.8) is 0 Å². The Balaban J connectivity index is 2.11. The monoisotopic (exact) mass is 325 g/mol. The summed E-state index contributed by atoms with van der Waals surface area (Å²) in [5, 5.41) is 3.98. The maximum atomic E-state index is 13.3. The zero-order chi connectivity index (χ0) is 15.1. The largest absolute Gasteiger partial charge is 0.383 e. The molecule has 2 rings (SSSR count). The summed E-state index contributed by atoms with van der Waals surface area (Å²) in [6, 6.07) is 12.3. The summed E-state index contributed by atoms with van der Waals surface area (Å²) in [7, 11) is 1.68. The summed E-state index contributed by atoms with van der Waals surface area (Å²) in [5.41, 5.74) is 1.13. The second-order valence-electron chi connectivity index (χ2n) is 4.48. The van der Waals surface area contributed by atoms with Gasteiger partial charge in [0.25, 0.3) is 0 Å². The fraction of sp³-hybridized carbons (Fsp3) is 0.250. The molecule has 0 aromatic heterocycles. The van der Waals surface area contributed by atoms with E-state index in [1.54, 1.807) is 13.2 Å². The van der Waals surface area contributed by atoms with E-state index in [1.807, 2.05) is 24.3 Å². The van der Waals surface area contributed by atoms with Crippen molar-refractivity contribution in [2.24, 2.45) is 0 Å². The molecule has 0 saturated carbocycles. The minimum absolute atomic E-state index is 0.234. The molecule has 112 valence electrons. The molecule has 0 unspecified atom stereocenters. The molecule has 0 aliphatic heterocycles. The molecule has 0 radical (unpaired) electrons. The van der Waals surface area contributed by atoms with Crippen molar-refractivity contribution < 1.29 is 9.13 Å². The van der Waals surface area contributed by atoms with Gasteiger partial charge in [0.1, 0.15) is 5.82 Å². The van der Waals surface area contributed by atoms with Gasteiger partial charge in [-0.2, -0.15) is 0 Å². The van der Waals surface area contributed by atoms with E-state index in [2.05, 4.69) is 5.32 Å². The first-order chi connectivity index (χ1) is 10.2. The fourth-order valence-corrected chi connectivity index (χ4v) is 3.09. The highest BCUT2D eigenvalue weighted by molar-refractivity contribution is 7.99. The minimum Gasteiger partial charge on any atom is -0.383 e. The van der Waals surface area contributed by atoms with Gasteiger partial charge in [-0.1, -0.05) is 35.5 Å². The molecule has 0 aliphatic carbocycles. The van der Waals surface area contributed by atoms with Crippen molar-refractivity contribution in [1.82, 2.24) is 5.32 Å². The Labute approximate surface area is 133 Å². The van der Waals surface area contributed by atoms with Crippen LogP contribution in [0, 0.1) is 5.82 Å². The van der Waals surface area contributed by atoms with Gasteiger partial charge in [-0.05, 0) is 35.9 Å². The summed E-state index contributed by atoms with van der Waals surface area (Å²) < 4.78 is 18.3. The number of methoxy groups -OCH3 is 1. The lowest BCUT2D eigenvalue weighted by Gasteiger charge is -2.11. The highest BCUT2D eigenvalue weighted by atomic mass is 35.5. The molecule has 21 heavy (non-hydrogen) atoms. The van der Waals surface area contributed by atoms with Gasteiger partial charge in [0.2, 0.25) is 0 Å². The molecular weight excluding hydrogens is 309 g/mol. The van der Waals surface area contributed by atoms with E-state index in [0.717, 1.165) is 28.4 Å². The lowest BCUT2D eigenvalue weighted by Crippen LogP contribution is -2.18. The normalized spacial score (nSPS) is 10.8. The fourth-order valence-electron chi connectivity index (χ4n) is 1.82. The predicted octanol–water partition coefficient (Wildman–Crippen LogP) is 4.37. The van der Waals surface area contributed by atoms with E-state index in [4.69, 9.17) is 16.3 Å². The van der Waals surface area contributed by atoms with Crippen LogP contribution in [-0.4, -0.2) is 20.3 Å². The SMILES string of the molecule is COCCNCc1ccc(Cl)cc1Sc1cccc(F)c1. The number of halogens is 2. The second-order valence-corrected chi connectivity index (χ2v) is 6.03. The highest BCUT2D eigenvalue weighted by Gasteiger charge is 2.06. The zero-order valence-corrected chi connectivity index (χ0v) is 13.3. The van der Waals surface area contributed by atoms with Crippen LogP contribution in [-0.2, 0) is 11.3 Å². The van der Waals surface area contributed by atoms with Crippen LogP contribution >= 0.6 is 23.4 Å². The summed E-state index contributed by atoms with van der Waals surface area (Å²) in [4.78, 5) is 1.88. The van der Waals surface area contributed by atoms with Crippen LogP contribution in [0.4, 0.5) is 4.39 Å². The summed E-state index contributed by atoms with van der Waals surface area (Å²) in [6.45, 7) is 2.17. The quantitative estimate of drug-likeness (QED) is 0.764. The minimum atomic E-state index is -0.234. The zero-order valence-electron chi connectivity index (χ0n) is 11.7. The van der Waals surface area contributed by atoms with Crippen LogP contribution < -0.4 is 5.32 Å². The third-order valence-electron chi connectivity index (χ3n) is 2.85. The molecule has 2 aromatic rings. The molecule has 0 spiro atoms. The Morgan fingerprint density at radius 3 is 2.86 bits per heavy atom. The molecule has 2 aromatic carbocycles. The average Bonchev–Trinajstić information content (AvgIpc) is 2.45. The van der Waals surface area contributed by atoms with Gasteiger partial charge in [-0.15, -0.1) is 0 Å². The van der Waals surface area contributed by atoms with Crippen molar-refractivity contribution in [2.75, 3.05) is 20.3 Å². The Bertz CT molecular complexity index is 594. The Morgan fingerprint density at radius 1 is 1.24 bits per heavy atom. The predicted molar refractivity (Wildman–Crippen MR) is 85.6 cm³/mol. The third kappa shape index (κ3) is 5.32. The third-order valence-corrected chi connectivity index (χ3v) is 4.18. The van der Waals surface area contributed by atoms with Gasteiger partial charge in [0, 0.05) is 35.0 Å². The van der Waals surface area contributed by atoms with Gasteiger partial charge >= 0.3 is 0 Å². The van der Waals surface area contributed by atoms with Gasteiger partial charge in [-0.25, -0.2) is 4.39 Å². The number of hydrogen-bond donors (Lipinski definition) is 1. The summed E-state index contributed by atoms with van der Waals surface area (Å²) in [5.74, 6) is -0.234. The van der Waals surface area contributed by atoms with Crippen molar-refractivity contribution in [2.45, 2.75) is 16.3 Å². The van der Waals surface area contributed by atoms with Crippen LogP contribution in [0.15, 0.2) is 52.3 Å². The van der Waals surface area contributed by atoms with Gasteiger partial charge in [-0.3, -0.25) is 0 Å². The van der Waals surface area contributed by atoms with E-state index >= 15 is 0 Å². The average molecular weight is 326 g/mol. The maximum Gasteiger partial charge on any atom is 0.124 e. The van der Waals surface area contributed by atoms with Crippen LogP contribution in [0.3, 0.4) is 0 Å². The van der Waals surface area contributed by atoms with Crippen molar-refractivity contribution >= 4 is 23.4 Å². The number of ether oxygens (including phenoxy) is 1. The van der Waals surface area contributed by atoms with Crippen LogP contribution in [0.1, 0.15) is 5.56 Å². The highest BCUT2D eigenvalue weighted by Crippen LogP contribution is 2.32. The van der Waals surface area contributed by atoms with Crippen LogP contribution in [0.5, 0.6) is 0 Å².